The van der Waals surface area contributed by atoms with Gasteiger partial charge >= 0.3 is 6.61 Å². The van der Waals surface area contributed by atoms with E-state index >= 15 is 0 Å². The average molecular weight is 405 g/mol. The fourth-order valence-corrected chi connectivity index (χ4v) is 2.34. The molecule has 2 rings (SSSR count). The normalized spacial score (nSPS) is 10.9. The molecule has 2 aromatic rings. The van der Waals surface area contributed by atoms with Crippen molar-refractivity contribution in [2.24, 2.45) is 0 Å². The first kappa shape index (κ1) is 15.9. The molecule has 0 fully saturated rings. The molecule has 0 aliphatic rings. The van der Waals surface area contributed by atoms with E-state index < -0.39 is 6.61 Å². The molecule has 0 amide bonds. The molecule has 0 spiro atoms. The minimum atomic E-state index is -2.84. The molecule has 1 aromatic carbocycles. The largest absolute Gasteiger partial charge is 0.435 e. The zero-order valence-corrected chi connectivity index (χ0v) is 13.5. The summed E-state index contributed by atoms with van der Waals surface area (Å²) < 4.78 is 29.4. The van der Waals surface area contributed by atoms with Crippen molar-refractivity contribution in [2.45, 2.75) is 26.4 Å². The molecule has 0 saturated carbocycles. The second-order valence-electron chi connectivity index (χ2n) is 4.35. The van der Waals surface area contributed by atoms with Gasteiger partial charge < -0.3 is 10.5 Å². The van der Waals surface area contributed by atoms with E-state index in [0.717, 1.165) is 22.1 Å². The monoisotopic (exact) mass is 405 g/mol. The standard InChI is InChI=1S/C14H14F2IN3O/c1-2-3-10-11(17)12(18)20-13(19-10)8-4-6-9(7-5-8)21-14(15)16/h4-7,14H,2-3H2,1H3,(H2,18,19,20). The summed E-state index contributed by atoms with van der Waals surface area (Å²) in [5, 5.41) is 0. The summed E-state index contributed by atoms with van der Waals surface area (Å²) in [6.07, 6.45) is 1.76. The fraction of sp³-hybridized carbons (Fsp3) is 0.286. The van der Waals surface area contributed by atoms with Crippen LogP contribution in [-0.4, -0.2) is 16.6 Å². The molecule has 0 aliphatic carbocycles. The highest BCUT2D eigenvalue weighted by Gasteiger charge is 2.11. The Labute approximate surface area is 134 Å². The number of aromatic nitrogens is 2. The second kappa shape index (κ2) is 6.97. The first-order valence-corrected chi connectivity index (χ1v) is 7.46. The number of rotatable bonds is 5. The molecule has 2 N–H and O–H groups in total. The highest BCUT2D eigenvalue weighted by molar-refractivity contribution is 14.1. The number of nitrogen functional groups attached to an aromatic ring is 1. The van der Waals surface area contributed by atoms with Gasteiger partial charge in [-0.1, -0.05) is 13.3 Å². The molecule has 0 bridgehead atoms. The first-order valence-electron chi connectivity index (χ1n) is 6.38. The van der Waals surface area contributed by atoms with E-state index in [9.17, 15) is 8.78 Å². The summed E-state index contributed by atoms with van der Waals surface area (Å²) >= 11 is 2.13. The number of aryl methyl sites for hydroxylation is 1. The van der Waals surface area contributed by atoms with Crippen LogP contribution in [0.1, 0.15) is 19.0 Å². The van der Waals surface area contributed by atoms with E-state index in [2.05, 4.69) is 44.2 Å². The number of nitrogens with zero attached hydrogens (tertiary/aromatic N) is 2. The smallest absolute Gasteiger partial charge is 0.387 e. The Kier molecular flexibility index (Phi) is 5.27. The van der Waals surface area contributed by atoms with E-state index in [1.54, 1.807) is 12.1 Å². The minimum absolute atomic E-state index is 0.0982. The van der Waals surface area contributed by atoms with Crippen molar-refractivity contribution in [3.05, 3.63) is 33.5 Å². The van der Waals surface area contributed by atoms with Crippen LogP contribution in [-0.2, 0) is 6.42 Å². The van der Waals surface area contributed by atoms with Crippen LogP contribution in [0.15, 0.2) is 24.3 Å². The highest BCUT2D eigenvalue weighted by atomic mass is 127. The zero-order valence-electron chi connectivity index (χ0n) is 11.3. The van der Waals surface area contributed by atoms with E-state index in [0.29, 0.717) is 17.2 Å². The third kappa shape index (κ3) is 3.99. The van der Waals surface area contributed by atoms with E-state index in [4.69, 9.17) is 5.73 Å². The lowest BCUT2D eigenvalue weighted by atomic mass is 10.2. The Bertz CT molecular complexity index is 620. The molecule has 0 unspecified atom stereocenters. The van der Waals surface area contributed by atoms with Crippen LogP contribution in [0.2, 0.25) is 0 Å². The second-order valence-corrected chi connectivity index (χ2v) is 5.42. The van der Waals surface area contributed by atoms with Gasteiger partial charge in [-0.25, -0.2) is 9.97 Å². The maximum atomic E-state index is 12.1. The summed E-state index contributed by atoms with van der Waals surface area (Å²) in [4.78, 5) is 8.74. The fourth-order valence-electron chi connectivity index (χ4n) is 1.83. The van der Waals surface area contributed by atoms with Crippen molar-refractivity contribution in [2.75, 3.05) is 5.73 Å². The Morgan fingerprint density at radius 1 is 1.24 bits per heavy atom. The quantitative estimate of drug-likeness (QED) is 0.768. The number of nitrogens with two attached hydrogens (primary N) is 1. The van der Waals surface area contributed by atoms with Crippen LogP contribution in [0.5, 0.6) is 5.75 Å². The lowest BCUT2D eigenvalue weighted by Crippen LogP contribution is -2.05. The Hall–Kier alpha value is -1.51. The van der Waals surface area contributed by atoms with Gasteiger partial charge in [0.2, 0.25) is 0 Å². The number of benzene rings is 1. The van der Waals surface area contributed by atoms with Crippen LogP contribution in [0, 0.1) is 3.57 Å². The molecule has 0 atom stereocenters. The molecule has 21 heavy (non-hydrogen) atoms. The van der Waals surface area contributed by atoms with Crippen molar-refractivity contribution in [1.29, 1.82) is 0 Å². The van der Waals surface area contributed by atoms with Crippen molar-refractivity contribution < 1.29 is 13.5 Å². The Morgan fingerprint density at radius 3 is 2.48 bits per heavy atom. The SMILES string of the molecule is CCCc1nc(-c2ccc(OC(F)F)cc2)nc(N)c1I. The molecule has 1 aromatic heterocycles. The summed E-state index contributed by atoms with van der Waals surface area (Å²) in [6.45, 7) is -0.776. The Morgan fingerprint density at radius 2 is 1.90 bits per heavy atom. The number of ether oxygens (including phenoxy) is 1. The summed E-state index contributed by atoms with van der Waals surface area (Å²) in [5.74, 6) is 1.01. The average Bonchev–Trinajstić information content (AvgIpc) is 2.44. The topological polar surface area (TPSA) is 61.0 Å². The Balaban J connectivity index is 2.33. The van der Waals surface area contributed by atoms with Gasteiger partial charge in [0.25, 0.3) is 0 Å². The molecule has 1 heterocycles. The van der Waals surface area contributed by atoms with Gasteiger partial charge in [-0.2, -0.15) is 8.78 Å². The minimum Gasteiger partial charge on any atom is -0.435 e. The molecule has 7 heteroatoms. The van der Waals surface area contributed by atoms with Crippen LogP contribution in [0.25, 0.3) is 11.4 Å². The molecular weight excluding hydrogens is 391 g/mol. The maximum absolute atomic E-state index is 12.1. The zero-order chi connectivity index (χ0) is 15.4. The first-order chi connectivity index (χ1) is 10.0. The summed E-state index contributed by atoms with van der Waals surface area (Å²) in [5.41, 5.74) is 7.50. The lowest BCUT2D eigenvalue weighted by Gasteiger charge is -2.09. The summed E-state index contributed by atoms with van der Waals surface area (Å²) in [7, 11) is 0. The number of alkyl halides is 2. The highest BCUT2D eigenvalue weighted by Crippen LogP contribution is 2.25. The van der Waals surface area contributed by atoms with Crippen LogP contribution >= 0.6 is 22.6 Å². The predicted molar refractivity (Wildman–Crippen MR) is 85.2 cm³/mol. The van der Waals surface area contributed by atoms with Crippen molar-refractivity contribution in [3.8, 4) is 17.1 Å². The number of hydrogen-bond acceptors (Lipinski definition) is 4. The maximum Gasteiger partial charge on any atom is 0.387 e. The predicted octanol–water partition coefficient (Wildman–Crippen LogP) is 3.88. The van der Waals surface area contributed by atoms with Crippen molar-refractivity contribution >= 4 is 28.4 Å². The molecule has 0 aliphatic heterocycles. The molecular formula is C14H14F2IN3O. The van der Waals surface area contributed by atoms with Crippen LogP contribution in [0.3, 0.4) is 0 Å². The van der Waals surface area contributed by atoms with E-state index in [1.807, 2.05) is 0 Å². The van der Waals surface area contributed by atoms with Gasteiger partial charge in [-0.3, -0.25) is 0 Å². The molecule has 112 valence electrons. The lowest BCUT2D eigenvalue weighted by molar-refractivity contribution is -0.0498. The number of halogens is 3. The van der Waals surface area contributed by atoms with Crippen LogP contribution < -0.4 is 10.5 Å². The van der Waals surface area contributed by atoms with Gasteiger partial charge in [0.05, 0.1) is 9.26 Å². The summed E-state index contributed by atoms with van der Waals surface area (Å²) in [6, 6.07) is 6.18. The van der Waals surface area contributed by atoms with E-state index in [-0.39, 0.29) is 5.75 Å². The van der Waals surface area contributed by atoms with Gasteiger partial charge in [-0.15, -0.1) is 0 Å². The van der Waals surface area contributed by atoms with Crippen molar-refractivity contribution in [3.63, 3.8) is 0 Å². The molecule has 0 radical (unpaired) electrons. The van der Waals surface area contributed by atoms with Gasteiger partial charge in [-0.05, 0) is 53.3 Å². The third-order valence-corrected chi connectivity index (χ3v) is 3.95. The molecule has 4 nitrogen and oxygen atoms in total. The van der Waals surface area contributed by atoms with Crippen molar-refractivity contribution in [1.82, 2.24) is 9.97 Å². The van der Waals surface area contributed by atoms with Gasteiger partial charge in [0.1, 0.15) is 11.6 Å². The molecule has 0 saturated heterocycles. The number of anilines is 1. The third-order valence-electron chi connectivity index (χ3n) is 2.77. The van der Waals surface area contributed by atoms with Crippen LogP contribution in [0.4, 0.5) is 14.6 Å². The van der Waals surface area contributed by atoms with E-state index in [1.165, 1.54) is 12.1 Å². The van der Waals surface area contributed by atoms with Gasteiger partial charge in [0, 0.05) is 5.56 Å². The van der Waals surface area contributed by atoms with Gasteiger partial charge in [0.15, 0.2) is 5.82 Å². The number of hydrogen-bond donors (Lipinski definition) is 1.